The van der Waals surface area contributed by atoms with Gasteiger partial charge in [0.25, 0.3) is 0 Å². The second kappa shape index (κ2) is 8.92. The molecule has 2 aromatic rings. The van der Waals surface area contributed by atoms with E-state index >= 15 is 0 Å². The first kappa shape index (κ1) is 17.8. The van der Waals surface area contributed by atoms with E-state index in [0.29, 0.717) is 5.92 Å². The standard InChI is InChI=1S/C21H24O3/c1-16(2)4-3-15-24-20-12-10-19(11-13-20)18-8-5-17(6-9-18)7-14-21(22)23/h5-14,16H,3-4,15H2,1-2H3,(H,22,23)/p-1/b14-7+. The van der Waals surface area contributed by atoms with E-state index in [0.717, 1.165) is 41.5 Å². The molecule has 0 aliphatic heterocycles. The lowest BCUT2D eigenvalue weighted by Crippen LogP contribution is -2.18. The third-order valence-electron chi connectivity index (χ3n) is 3.70. The zero-order valence-electron chi connectivity index (χ0n) is 14.2. The predicted molar refractivity (Wildman–Crippen MR) is 95.5 cm³/mol. The van der Waals surface area contributed by atoms with E-state index in [9.17, 15) is 9.90 Å². The van der Waals surface area contributed by atoms with Gasteiger partial charge in [0.2, 0.25) is 0 Å². The molecule has 3 nitrogen and oxygen atoms in total. The van der Waals surface area contributed by atoms with E-state index in [2.05, 4.69) is 13.8 Å². The van der Waals surface area contributed by atoms with Crippen molar-refractivity contribution >= 4 is 12.0 Å². The second-order valence-electron chi connectivity index (χ2n) is 6.18. The molecule has 0 aromatic heterocycles. The summed E-state index contributed by atoms with van der Waals surface area (Å²) in [4.78, 5) is 10.4. The fourth-order valence-electron chi connectivity index (χ4n) is 2.38. The molecule has 0 saturated carbocycles. The van der Waals surface area contributed by atoms with Crippen molar-refractivity contribution in [3.05, 3.63) is 60.2 Å². The van der Waals surface area contributed by atoms with Gasteiger partial charge in [0.15, 0.2) is 0 Å². The van der Waals surface area contributed by atoms with E-state index in [1.54, 1.807) is 0 Å². The topological polar surface area (TPSA) is 49.4 Å². The average Bonchev–Trinajstić information content (AvgIpc) is 2.58. The van der Waals surface area contributed by atoms with Crippen LogP contribution in [0.4, 0.5) is 0 Å². The van der Waals surface area contributed by atoms with Crippen LogP contribution in [0.2, 0.25) is 0 Å². The van der Waals surface area contributed by atoms with Gasteiger partial charge in [-0.3, -0.25) is 0 Å². The summed E-state index contributed by atoms with van der Waals surface area (Å²) in [7, 11) is 0. The third kappa shape index (κ3) is 5.92. The van der Waals surface area contributed by atoms with Crippen LogP contribution in [0.15, 0.2) is 54.6 Å². The highest BCUT2D eigenvalue weighted by Gasteiger charge is 2.00. The Kier molecular flexibility index (Phi) is 6.62. The van der Waals surface area contributed by atoms with Crippen LogP contribution in [0.1, 0.15) is 32.3 Å². The van der Waals surface area contributed by atoms with E-state index in [4.69, 9.17) is 4.74 Å². The molecule has 0 spiro atoms. The Morgan fingerprint density at radius 3 is 2.17 bits per heavy atom. The van der Waals surface area contributed by atoms with Gasteiger partial charge in [0, 0.05) is 0 Å². The van der Waals surface area contributed by atoms with Gasteiger partial charge in [-0.2, -0.15) is 0 Å². The second-order valence-corrected chi connectivity index (χ2v) is 6.18. The summed E-state index contributed by atoms with van der Waals surface area (Å²) in [6.07, 6.45) is 4.80. The van der Waals surface area contributed by atoms with Crippen molar-refractivity contribution in [2.24, 2.45) is 5.92 Å². The third-order valence-corrected chi connectivity index (χ3v) is 3.70. The number of ether oxygens (including phenoxy) is 1. The van der Waals surface area contributed by atoms with Crippen molar-refractivity contribution in [3.8, 4) is 16.9 Å². The molecular weight excluding hydrogens is 300 g/mol. The number of carboxylic acids is 1. The number of carbonyl (C=O) groups is 1. The normalized spacial score (nSPS) is 11.1. The van der Waals surface area contributed by atoms with Gasteiger partial charge < -0.3 is 14.6 Å². The molecule has 0 aliphatic carbocycles. The van der Waals surface area contributed by atoms with Crippen molar-refractivity contribution in [2.75, 3.05) is 6.61 Å². The Morgan fingerprint density at radius 1 is 1.04 bits per heavy atom. The van der Waals surface area contributed by atoms with Crippen LogP contribution in [0.5, 0.6) is 5.75 Å². The maximum Gasteiger partial charge on any atom is 0.119 e. The van der Waals surface area contributed by atoms with E-state index in [-0.39, 0.29) is 0 Å². The lowest BCUT2D eigenvalue weighted by Gasteiger charge is -2.09. The lowest BCUT2D eigenvalue weighted by molar-refractivity contribution is -0.297. The van der Waals surface area contributed by atoms with Crippen LogP contribution in [-0.2, 0) is 4.79 Å². The van der Waals surface area contributed by atoms with Crippen molar-refractivity contribution < 1.29 is 14.6 Å². The largest absolute Gasteiger partial charge is 0.545 e. The molecular formula is C21H23O3-. The van der Waals surface area contributed by atoms with Crippen LogP contribution < -0.4 is 9.84 Å². The van der Waals surface area contributed by atoms with E-state index in [1.165, 1.54) is 12.5 Å². The van der Waals surface area contributed by atoms with Gasteiger partial charge in [0.05, 0.1) is 12.6 Å². The first-order valence-corrected chi connectivity index (χ1v) is 8.27. The van der Waals surface area contributed by atoms with Gasteiger partial charge in [-0.15, -0.1) is 0 Å². The molecule has 0 bridgehead atoms. The summed E-state index contributed by atoms with van der Waals surface area (Å²) in [6.45, 7) is 5.18. The highest BCUT2D eigenvalue weighted by molar-refractivity contribution is 5.83. The van der Waals surface area contributed by atoms with Crippen LogP contribution in [-0.4, -0.2) is 12.6 Å². The summed E-state index contributed by atoms with van der Waals surface area (Å²) in [5, 5.41) is 10.4. The zero-order valence-corrected chi connectivity index (χ0v) is 14.2. The van der Waals surface area contributed by atoms with Crippen LogP contribution in [0.25, 0.3) is 17.2 Å². The van der Waals surface area contributed by atoms with Crippen molar-refractivity contribution in [1.82, 2.24) is 0 Å². The summed E-state index contributed by atoms with van der Waals surface area (Å²) < 4.78 is 5.75. The first-order valence-electron chi connectivity index (χ1n) is 8.27. The minimum atomic E-state index is -1.19. The summed E-state index contributed by atoms with van der Waals surface area (Å²) in [5.74, 6) is 0.402. The SMILES string of the molecule is CC(C)CCCOc1ccc(-c2ccc(/C=C/C(=O)[O-])cc2)cc1. The van der Waals surface area contributed by atoms with Crippen LogP contribution in [0.3, 0.4) is 0 Å². The van der Waals surface area contributed by atoms with Gasteiger partial charge in [-0.1, -0.05) is 56.3 Å². The Hall–Kier alpha value is -2.55. The van der Waals surface area contributed by atoms with E-state index < -0.39 is 5.97 Å². The van der Waals surface area contributed by atoms with Gasteiger partial charge in [-0.05, 0) is 53.7 Å². The molecule has 24 heavy (non-hydrogen) atoms. The fraction of sp³-hybridized carbons (Fsp3) is 0.286. The maximum atomic E-state index is 10.4. The van der Waals surface area contributed by atoms with Crippen LogP contribution >= 0.6 is 0 Å². The van der Waals surface area contributed by atoms with Gasteiger partial charge in [0.1, 0.15) is 5.75 Å². The fourth-order valence-corrected chi connectivity index (χ4v) is 2.38. The summed E-state index contributed by atoms with van der Waals surface area (Å²) >= 11 is 0. The number of rotatable bonds is 8. The number of hydrogen-bond acceptors (Lipinski definition) is 3. The van der Waals surface area contributed by atoms with Crippen molar-refractivity contribution in [1.29, 1.82) is 0 Å². The highest BCUT2D eigenvalue weighted by Crippen LogP contribution is 2.23. The smallest absolute Gasteiger partial charge is 0.119 e. The number of carbonyl (C=O) groups excluding carboxylic acids is 1. The Bertz CT molecular complexity index is 667. The minimum absolute atomic E-state index is 0.709. The van der Waals surface area contributed by atoms with Gasteiger partial charge in [-0.25, -0.2) is 0 Å². The zero-order chi connectivity index (χ0) is 17.4. The molecule has 0 heterocycles. The molecule has 0 atom stereocenters. The number of hydrogen-bond donors (Lipinski definition) is 0. The predicted octanol–water partition coefficient (Wildman–Crippen LogP) is 3.93. The molecule has 0 radical (unpaired) electrons. The molecule has 2 aromatic carbocycles. The molecule has 0 N–H and O–H groups in total. The Morgan fingerprint density at radius 2 is 1.62 bits per heavy atom. The van der Waals surface area contributed by atoms with Crippen molar-refractivity contribution in [2.45, 2.75) is 26.7 Å². The monoisotopic (exact) mass is 323 g/mol. The molecule has 3 heteroatoms. The minimum Gasteiger partial charge on any atom is -0.545 e. The molecule has 2 rings (SSSR count). The quantitative estimate of drug-likeness (QED) is 0.546. The first-order chi connectivity index (χ1) is 11.5. The lowest BCUT2D eigenvalue weighted by atomic mass is 10.0. The van der Waals surface area contributed by atoms with Crippen molar-refractivity contribution in [3.63, 3.8) is 0 Å². The van der Waals surface area contributed by atoms with E-state index in [1.807, 2.05) is 48.5 Å². The number of benzene rings is 2. The summed E-state index contributed by atoms with van der Waals surface area (Å²) in [5.41, 5.74) is 3.00. The van der Waals surface area contributed by atoms with Crippen LogP contribution in [0, 0.1) is 5.92 Å². The highest BCUT2D eigenvalue weighted by atomic mass is 16.5. The average molecular weight is 323 g/mol. The molecule has 0 aliphatic rings. The number of aliphatic carboxylic acids is 1. The molecule has 126 valence electrons. The number of carboxylic acid groups (broad SMARTS) is 1. The molecule has 0 saturated heterocycles. The molecule has 0 unspecified atom stereocenters. The maximum absolute atomic E-state index is 10.4. The Labute approximate surface area is 143 Å². The van der Waals surface area contributed by atoms with Gasteiger partial charge >= 0.3 is 0 Å². The molecule has 0 amide bonds. The summed E-state index contributed by atoms with van der Waals surface area (Å²) in [6, 6.07) is 15.7. The molecule has 0 fully saturated rings. The Balaban J connectivity index is 1.94.